The highest BCUT2D eigenvalue weighted by Gasteiger charge is 2.07. The molecule has 48 valence electrons. The van der Waals surface area contributed by atoms with E-state index in [0.29, 0.717) is 0 Å². The minimum absolute atomic E-state index is 0.938. The molecule has 0 spiro atoms. The minimum Gasteiger partial charge on any atom is -0.459 e. The Labute approximate surface area is 51.7 Å². The average molecular weight is 112 g/mol. The van der Waals surface area contributed by atoms with Gasteiger partial charge in [-0.3, -0.25) is 7.05 Å². The van der Waals surface area contributed by atoms with Crippen molar-refractivity contribution >= 4 is 0 Å². The summed E-state index contributed by atoms with van der Waals surface area (Å²) in [5, 5.41) is 0. The van der Waals surface area contributed by atoms with Gasteiger partial charge in [0.2, 0.25) is 0 Å². The Balaban J connectivity index is 2.19. The molecule has 0 radical (unpaired) electrons. The summed E-state index contributed by atoms with van der Waals surface area (Å²) in [6, 6.07) is 0. The zero-order chi connectivity index (χ0) is 5.98. The van der Waals surface area contributed by atoms with Crippen molar-refractivity contribution in [2.75, 3.05) is 13.1 Å². The molecule has 1 heteroatoms. The highest BCUT2D eigenvalue weighted by molar-refractivity contribution is 4.67. The van der Waals surface area contributed by atoms with Gasteiger partial charge >= 0.3 is 0 Å². The molecule has 1 nitrogen and oxygen atoms in total. The van der Waals surface area contributed by atoms with Crippen LogP contribution in [0.1, 0.15) is 19.8 Å². The van der Waals surface area contributed by atoms with Gasteiger partial charge in [0.1, 0.15) is 0 Å². The van der Waals surface area contributed by atoms with Gasteiger partial charge in [0, 0.05) is 0 Å². The second kappa shape index (κ2) is 2.49. The molecule has 1 rings (SSSR count). The van der Waals surface area contributed by atoms with Crippen LogP contribution in [0.25, 0.3) is 0 Å². The normalized spacial score (nSPS) is 26.2. The Hall–Kier alpha value is -0.0400. The fraction of sp³-hybridized carbons (Fsp3) is 0.857. The average Bonchev–Trinajstić information content (AvgIpc) is 1.77. The molecule has 0 unspecified atom stereocenters. The third kappa shape index (κ3) is 1.48. The molecule has 0 aliphatic carbocycles. The lowest BCUT2D eigenvalue weighted by atomic mass is 10.00. The van der Waals surface area contributed by atoms with Crippen molar-refractivity contribution < 1.29 is 0 Å². The molecule has 0 amide bonds. The van der Waals surface area contributed by atoms with Crippen LogP contribution in [0, 0.1) is 13.0 Å². The van der Waals surface area contributed by atoms with Crippen LogP contribution in [0.4, 0.5) is 0 Å². The van der Waals surface area contributed by atoms with Crippen LogP contribution in [0.15, 0.2) is 0 Å². The van der Waals surface area contributed by atoms with Gasteiger partial charge in [-0.05, 0) is 31.8 Å². The topological polar surface area (TPSA) is 3.24 Å². The van der Waals surface area contributed by atoms with E-state index in [9.17, 15) is 0 Å². The second-order valence-electron chi connectivity index (χ2n) is 2.80. The van der Waals surface area contributed by atoms with Crippen LogP contribution in [-0.2, 0) is 0 Å². The molecule has 0 aromatic carbocycles. The number of hydrogen-bond donors (Lipinski definition) is 0. The Bertz CT molecular complexity index is 52.8. The minimum atomic E-state index is 0.938. The van der Waals surface area contributed by atoms with Crippen LogP contribution in [0.2, 0.25) is 0 Å². The van der Waals surface area contributed by atoms with Gasteiger partial charge in [0.05, 0.1) is 0 Å². The van der Waals surface area contributed by atoms with Gasteiger partial charge in [-0.2, -0.15) is 0 Å². The van der Waals surface area contributed by atoms with Crippen molar-refractivity contribution in [1.29, 1.82) is 0 Å². The van der Waals surface area contributed by atoms with Crippen LogP contribution in [-0.4, -0.2) is 18.0 Å². The van der Waals surface area contributed by atoms with Crippen LogP contribution in [0.3, 0.4) is 0 Å². The molecular weight excluding hydrogens is 98.1 g/mol. The summed E-state index contributed by atoms with van der Waals surface area (Å²) in [7, 11) is 3.87. The monoisotopic (exact) mass is 112 g/mol. The van der Waals surface area contributed by atoms with Crippen LogP contribution in [0.5, 0.6) is 0 Å². The van der Waals surface area contributed by atoms with Crippen molar-refractivity contribution in [2.45, 2.75) is 19.8 Å². The predicted molar refractivity (Wildman–Crippen MR) is 35.3 cm³/mol. The standard InChI is InChI=1S/C7H14N/c1-7-3-5-8(2)6-4-7/h7H,2-6H2,1H3/q-1. The Morgan fingerprint density at radius 1 is 1.38 bits per heavy atom. The summed E-state index contributed by atoms with van der Waals surface area (Å²) in [5.74, 6) is 0.938. The predicted octanol–water partition coefficient (Wildman–Crippen LogP) is 1.51. The van der Waals surface area contributed by atoms with Crippen LogP contribution < -0.4 is 0 Å². The second-order valence-corrected chi connectivity index (χ2v) is 2.80. The summed E-state index contributed by atoms with van der Waals surface area (Å²) >= 11 is 0. The third-order valence-corrected chi connectivity index (χ3v) is 1.88. The molecule has 0 N–H and O–H groups in total. The fourth-order valence-electron chi connectivity index (χ4n) is 1.06. The summed E-state index contributed by atoms with van der Waals surface area (Å²) in [4.78, 5) is 2.15. The SMILES string of the molecule is [CH2-]N1CCC(C)CC1. The molecule has 0 aromatic heterocycles. The van der Waals surface area contributed by atoms with Gasteiger partial charge < -0.3 is 4.90 Å². The largest absolute Gasteiger partial charge is 0.459 e. The molecule has 1 saturated heterocycles. The van der Waals surface area contributed by atoms with Gasteiger partial charge in [0.15, 0.2) is 0 Å². The maximum Gasteiger partial charge on any atom is -0.0301 e. The molecule has 1 aliphatic rings. The summed E-state index contributed by atoms with van der Waals surface area (Å²) in [5.41, 5.74) is 0. The maximum atomic E-state index is 3.87. The molecule has 1 fully saturated rings. The molecule has 1 heterocycles. The molecular formula is C7H14N-. The zero-order valence-corrected chi connectivity index (χ0v) is 5.56. The van der Waals surface area contributed by atoms with Crippen LogP contribution >= 0.6 is 0 Å². The first-order valence-electron chi connectivity index (χ1n) is 3.34. The van der Waals surface area contributed by atoms with E-state index < -0.39 is 0 Å². The van der Waals surface area contributed by atoms with E-state index in [2.05, 4.69) is 18.9 Å². The lowest BCUT2D eigenvalue weighted by Crippen LogP contribution is -2.27. The lowest BCUT2D eigenvalue weighted by molar-refractivity contribution is 0.252. The van der Waals surface area contributed by atoms with E-state index >= 15 is 0 Å². The number of rotatable bonds is 0. The van der Waals surface area contributed by atoms with E-state index in [-0.39, 0.29) is 0 Å². The van der Waals surface area contributed by atoms with E-state index in [4.69, 9.17) is 0 Å². The van der Waals surface area contributed by atoms with Crippen molar-refractivity contribution in [3.63, 3.8) is 0 Å². The molecule has 0 aromatic rings. The Kier molecular flexibility index (Phi) is 1.90. The molecule has 0 atom stereocenters. The van der Waals surface area contributed by atoms with E-state index in [1.807, 2.05) is 0 Å². The lowest BCUT2D eigenvalue weighted by Gasteiger charge is -2.32. The van der Waals surface area contributed by atoms with E-state index in [0.717, 1.165) is 5.92 Å². The molecule has 0 saturated carbocycles. The van der Waals surface area contributed by atoms with Gasteiger partial charge in [-0.25, -0.2) is 0 Å². The van der Waals surface area contributed by atoms with Crippen molar-refractivity contribution in [3.8, 4) is 0 Å². The first kappa shape index (κ1) is 6.09. The first-order chi connectivity index (χ1) is 3.79. The highest BCUT2D eigenvalue weighted by Crippen LogP contribution is 2.14. The van der Waals surface area contributed by atoms with Gasteiger partial charge in [-0.1, -0.05) is 6.92 Å². The van der Waals surface area contributed by atoms with Crippen molar-refractivity contribution in [1.82, 2.24) is 4.90 Å². The fourth-order valence-corrected chi connectivity index (χ4v) is 1.06. The summed E-state index contributed by atoms with van der Waals surface area (Å²) in [6.07, 6.45) is 2.67. The Morgan fingerprint density at radius 3 is 2.25 bits per heavy atom. The number of likely N-dealkylation sites (tertiary alicyclic amines) is 1. The molecule has 8 heavy (non-hydrogen) atoms. The summed E-state index contributed by atoms with van der Waals surface area (Å²) < 4.78 is 0. The molecule has 1 aliphatic heterocycles. The van der Waals surface area contributed by atoms with Crippen molar-refractivity contribution in [3.05, 3.63) is 7.05 Å². The van der Waals surface area contributed by atoms with E-state index in [1.165, 1.54) is 25.9 Å². The number of hydrogen-bond acceptors (Lipinski definition) is 1. The first-order valence-corrected chi connectivity index (χ1v) is 3.34. The number of piperidine rings is 1. The van der Waals surface area contributed by atoms with Crippen molar-refractivity contribution in [2.24, 2.45) is 5.92 Å². The third-order valence-electron chi connectivity index (χ3n) is 1.88. The summed E-state index contributed by atoms with van der Waals surface area (Å²) in [6.45, 7) is 4.70. The highest BCUT2D eigenvalue weighted by atomic mass is 15.1. The molecule has 0 bridgehead atoms. The van der Waals surface area contributed by atoms with Gasteiger partial charge in [-0.15, -0.1) is 0 Å². The maximum absolute atomic E-state index is 3.87. The smallest absolute Gasteiger partial charge is 0.0301 e. The zero-order valence-electron chi connectivity index (χ0n) is 5.56. The number of nitrogens with zero attached hydrogens (tertiary/aromatic N) is 1. The Morgan fingerprint density at radius 2 is 1.88 bits per heavy atom. The van der Waals surface area contributed by atoms with E-state index in [1.54, 1.807) is 0 Å². The van der Waals surface area contributed by atoms with Gasteiger partial charge in [0.25, 0.3) is 0 Å². The quantitative estimate of drug-likeness (QED) is 0.429.